The topological polar surface area (TPSA) is 20.3 Å². The fourth-order valence-electron chi connectivity index (χ4n) is 2.02. The Kier molecular flexibility index (Phi) is 3.91. The number of hydrogen-bond acceptors (Lipinski definition) is 2. The first-order valence-corrected chi connectivity index (χ1v) is 5.27. The zero-order valence-electron chi connectivity index (χ0n) is 9.05. The van der Waals surface area contributed by atoms with Gasteiger partial charge in [0.1, 0.15) is 5.78 Å². The highest BCUT2D eigenvalue weighted by molar-refractivity contribution is 5.82. The van der Waals surface area contributed by atoms with E-state index >= 15 is 0 Å². The van der Waals surface area contributed by atoms with Crippen LogP contribution in [0.25, 0.3) is 0 Å². The van der Waals surface area contributed by atoms with Crippen LogP contribution in [0, 0.1) is 11.8 Å². The third-order valence-corrected chi connectivity index (χ3v) is 2.94. The Morgan fingerprint density at radius 3 is 2.23 bits per heavy atom. The van der Waals surface area contributed by atoms with E-state index in [1.807, 2.05) is 19.0 Å². The van der Waals surface area contributed by atoms with Crippen molar-refractivity contribution in [3.8, 4) is 0 Å². The number of carbonyl (C=O) groups is 1. The summed E-state index contributed by atoms with van der Waals surface area (Å²) < 4.78 is 0. The van der Waals surface area contributed by atoms with Gasteiger partial charge in [-0.05, 0) is 32.9 Å². The molecule has 0 aliphatic heterocycles. The second kappa shape index (κ2) is 4.75. The second-order valence-electron chi connectivity index (χ2n) is 4.66. The van der Waals surface area contributed by atoms with Crippen LogP contribution >= 0.6 is 0 Å². The van der Waals surface area contributed by atoms with Crippen molar-refractivity contribution in [2.24, 2.45) is 11.8 Å². The first-order chi connectivity index (χ1) is 6.09. The molecule has 1 aliphatic carbocycles. The molecule has 1 fully saturated rings. The number of Topliss-reactive ketones (excluding diaryl/α,β-unsaturated/α-hetero) is 1. The molecule has 2 heteroatoms. The Morgan fingerprint density at radius 2 is 1.77 bits per heavy atom. The highest BCUT2D eigenvalue weighted by Gasteiger charge is 2.23. The summed E-state index contributed by atoms with van der Waals surface area (Å²) in [6.07, 6.45) is 4.72. The molecule has 0 aromatic rings. The second-order valence-corrected chi connectivity index (χ2v) is 4.66. The maximum absolute atomic E-state index is 11.7. The van der Waals surface area contributed by atoms with E-state index < -0.39 is 0 Å². The molecular weight excluding hydrogens is 162 g/mol. The number of hydrogen-bond donors (Lipinski definition) is 0. The summed E-state index contributed by atoms with van der Waals surface area (Å²) in [5.74, 6) is 1.64. The Balaban J connectivity index is 2.31. The van der Waals surface area contributed by atoms with Crippen molar-refractivity contribution < 1.29 is 4.79 Å². The minimum absolute atomic E-state index is 0.360. The van der Waals surface area contributed by atoms with E-state index in [1.165, 1.54) is 12.8 Å². The molecule has 0 aromatic carbocycles. The van der Waals surface area contributed by atoms with Crippen LogP contribution in [0.1, 0.15) is 32.6 Å². The normalized spacial score (nSPS) is 29.2. The van der Waals surface area contributed by atoms with E-state index in [0.717, 1.165) is 18.8 Å². The first-order valence-electron chi connectivity index (χ1n) is 5.27. The van der Waals surface area contributed by atoms with Gasteiger partial charge in [0.05, 0.1) is 6.54 Å². The van der Waals surface area contributed by atoms with Crippen LogP contribution in [-0.4, -0.2) is 31.3 Å². The molecule has 1 aliphatic rings. The quantitative estimate of drug-likeness (QED) is 0.666. The lowest BCUT2D eigenvalue weighted by Crippen LogP contribution is -2.29. The van der Waals surface area contributed by atoms with Crippen molar-refractivity contribution in [3.05, 3.63) is 0 Å². The van der Waals surface area contributed by atoms with E-state index in [2.05, 4.69) is 6.92 Å². The molecule has 0 spiro atoms. The third-order valence-electron chi connectivity index (χ3n) is 2.94. The smallest absolute Gasteiger partial charge is 0.149 e. The minimum atomic E-state index is 0.360. The number of rotatable bonds is 3. The minimum Gasteiger partial charge on any atom is -0.302 e. The molecule has 0 atom stereocenters. The SMILES string of the molecule is CC1CCC(C(=O)CN(C)C)CC1. The summed E-state index contributed by atoms with van der Waals surface area (Å²) >= 11 is 0. The fraction of sp³-hybridized carbons (Fsp3) is 0.909. The molecule has 13 heavy (non-hydrogen) atoms. The van der Waals surface area contributed by atoms with Gasteiger partial charge in [-0.3, -0.25) is 4.79 Å². The van der Waals surface area contributed by atoms with Crippen molar-refractivity contribution in [3.63, 3.8) is 0 Å². The predicted octanol–water partition coefficient (Wildman–Crippen LogP) is 1.94. The van der Waals surface area contributed by atoms with E-state index in [9.17, 15) is 4.79 Å². The van der Waals surface area contributed by atoms with Gasteiger partial charge in [-0.25, -0.2) is 0 Å². The fourth-order valence-corrected chi connectivity index (χ4v) is 2.02. The molecule has 0 heterocycles. The Labute approximate surface area is 81.3 Å². The summed E-state index contributed by atoms with van der Waals surface area (Å²) in [5.41, 5.74) is 0. The van der Waals surface area contributed by atoms with Gasteiger partial charge in [0.25, 0.3) is 0 Å². The summed E-state index contributed by atoms with van der Waals surface area (Å²) in [4.78, 5) is 13.6. The van der Waals surface area contributed by atoms with Gasteiger partial charge < -0.3 is 4.90 Å². The van der Waals surface area contributed by atoms with Crippen LogP contribution in [0.5, 0.6) is 0 Å². The van der Waals surface area contributed by atoms with Gasteiger partial charge in [0.15, 0.2) is 0 Å². The van der Waals surface area contributed by atoms with Crippen molar-refractivity contribution in [1.82, 2.24) is 4.90 Å². The van der Waals surface area contributed by atoms with Gasteiger partial charge in [0.2, 0.25) is 0 Å². The van der Waals surface area contributed by atoms with Gasteiger partial charge >= 0.3 is 0 Å². The molecule has 2 nitrogen and oxygen atoms in total. The maximum Gasteiger partial charge on any atom is 0.149 e. The molecule has 0 aromatic heterocycles. The zero-order valence-corrected chi connectivity index (χ0v) is 9.05. The highest BCUT2D eigenvalue weighted by atomic mass is 16.1. The van der Waals surface area contributed by atoms with E-state index in [0.29, 0.717) is 18.2 Å². The molecule has 0 radical (unpaired) electrons. The molecule has 0 unspecified atom stereocenters. The lowest BCUT2D eigenvalue weighted by atomic mass is 9.81. The standard InChI is InChI=1S/C11H21NO/c1-9-4-6-10(7-5-9)11(13)8-12(2)3/h9-10H,4-8H2,1-3H3. The van der Waals surface area contributed by atoms with Gasteiger partial charge in [0, 0.05) is 5.92 Å². The molecular formula is C11H21NO. The molecule has 1 saturated carbocycles. The maximum atomic E-state index is 11.7. The first kappa shape index (κ1) is 10.7. The van der Waals surface area contributed by atoms with Gasteiger partial charge in [-0.2, -0.15) is 0 Å². The summed E-state index contributed by atoms with van der Waals surface area (Å²) in [7, 11) is 3.92. The molecule has 76 valence electrons. The largest absolute Gasteiger partial charge is 0.302 e. The van der Waals surface area contributed by atoms with Crippen LogP contribution in [0.3, 0.4) is 0 Å². The van der Waals surface area contributed by atoms with Crippen LogP contribution in [0.2, 0.25) is 0 Å². The summed E-state index contributed by atoms with van der Waals surface area (Å²) in [6, 6.07) is 0. The molecule has 0 amide bonds. The van der Waals surface area contributed by atoms with Crippen LogP contribution in [0.15, 0.2) is 0 Å². The van der Waals surface area contributed by atoms with E-state index in [-0.39, 0.29) is 0 Å². The number of carbonyl (C=O) groups excluding carboxylic acids is 1. The average Bonchev–Trinajstić information content (AvgIpc) is 2.04. The van der Waals surface area contributed by atoms with Crippen molar-refractivity contribution >= 4 is 5.78 Å². The van der Waals surface area contributed by atoms with Gasteiger partial charge in [-0.15, -0.1) is 0 Å². The van der Waals surface area contributed by atoms with Crippen LogP contribution in [-0.2, 0) is 4.79 Å². The van der Waals surface area contributed by atoms with Crippen molar-refractivity contribution in [2.75, 3.05) is 20.6 Å². The molecule has 1 rings (SSSR count). The third kappa shape index (κ3) is 3.47. The molecule has 0 bridgehead atoms. The Bertz CT molecular complexity index is 169. The molecule has 0 saturated heterocycles. The van der Waals surface area contributed by atoms with E-state index in [1.54, 1.807) is 0 Å². The summed E-state index contributed by atoms with van der Waals surface area (Å²) in [6.45, 7) is 2.91. The number of nitrogens with zero attached hydrogens (tertiary/aromatic N) is 1. The highest BCUT2D eigenvalue weighted by Crippen LogP contribution is 2.28. The summed E-state index contributed by atoms with van der Waals surface area (Å²) in [5, 5.41) is 0. The van der Waals surface area contributed by atoms with Crippen LogP contribution in [0.4, 0.5) is 0 Å². The lowest BCUT2D eigenvalue weighted by Gasteiger charge is -2.25. The number of likely N-dealkylation sites (N-methyl/N-ethyl adjacent to an activating group) is 1. The average molecular weight is 183 g/mol. The Hall–Kier alpha value is -0.370. The molecule has 0 N–H and O–H groups in total. The number of ketones is 1. The zero-order chi connectivity index (χ0) is 9.84. The Morgan fingerprint density at radius 1 is 1.23 bits per heavy atom. The van der Waals surface area contributed by atoms with E-state index in [4.69, 9.17) is 0 Å². The lowest BCUT2D eigenvalue weighted by molar-refractivity contribution is -0.124. The predicted molar refractivity (Wildman–Crippen MR) is 54.7 cm³/mol. The van der Waals surface area contributed by atoms with Gasteiger partial charge in [-0.1, -0.05) is 19.8 Å². The van der Waals surface area contributed by atoms with Crippen molar-refractivity contribution in [2.45, 2.75) is 32.6 Å². The monoisotopic (exact) mass is 183 g/mol. The van der Waals surface area contributed by atoms with Crippen LogP contribution < -0.4 is 0 Å². The van der Waals surface area contributed by atoms with Crippen molar-refractivity contribution in [1.29, 1.82) is 0 Å².